The van der Waals surface area contributed by atoms with Crippen molar-refractivity contribution in [1.82, 2.24) is 9.47 Å². The zero-order valence-corrected chi connectivity index (χ0v) is 17.7. The van der Waals surface area contributed by atoms with Gasteiger partial charge in [0.25, 0.3) is 0 Å². The number of nitrogens with zero attached hydrogens (tertiary/aromatic N) is 2. The predicted octanol–water partition coefficient (Wildman–Crippen LogP) is 4.53. The van der Waals surface area contributed by atoms with Crippen LogP contribution >= 0.6 is 11.3 Å². The molecular formula is C23H27N3O2S. The molecule has 1 unspecified atom stereocenters. The van der Waals surface area contributed by atoms with Crippen LogP contribution in [0.1, 0.15) is 31.6 Å². The molecule has 152 valence electrons. The molecule has 3 aromatic rings. The van der Waals surface area contributed by atoms with Gasteiger partial charge in [-0.3, -0.25) is 9.59 Å². The van der Waals surface area contributed by atoms with E-state index in [-0.39, 0.29) is 17.9 Å². The van der Waals surface area contributed by atoms with E-state index in [0.717, 1.165) is 35.3 Å². The molecular weight excluding hydrogens is 382 g/mol. The highest BCUT2D eigenvalue weighted by molar-refractivity contribution is 7.10. The molecule has 2 amide bonds. The molecule has 0 radical (unpaired) electrons. The highest BCUT2D eigenvalue weighted by Gasteiger charge is 2.34. The molecule has 1 N–H and O–H groups in total. The third kappa shape index (κ3) is 4.37. The van der Waals surface area contributed by atoms with E-state index >= 15 is 0 Å². The number of rotatable bonds is 6. The number of carbonyl (C=O) groups excluding carboxylic acids is 2. The molecule has 0 saturated carbocycles. The van der Waals surface area contributed by atoms with Gasteiger partial charge in [0.1, 0.15) is 6.04 Å². The summed E-state index contributed by atoms with van der Waals surface area (Å²) in [6, 6.07) is 11.6. The minimum Gasteiger partial charge on any atom is -0.347 e. The van der Waals surface area contributed by atoms with Gasteiger partial charge in [-0.05, 0) is 54.5 Å². The summed E-state index contributed by atoms with van der Waals surface area (Å²) < 4.78 is 2.24. The normalized spacial score (nSPS) is 16.7. The molecule has 2 aromatic heterocycles. The fraction of sp³-hybridized carbons (Fsp3) is 0.391. The largest absolute Gasteiger partial charge is 0.347 e. The molecule has 1 aliphatic heterocycles. The summed E-state index contributed by atoms with van der Waals surface area (Å²) >= 11 is 1.58. The van der Waals surface area contributed by atoms with Crippen molar-refractivity contribution in [1.29, 1.82) is 0 Å². The zero-order valence-electron chi connectivity index (χ0n) is 16.9. The molecule has 4 rings (SSSR count). The first-order valence-electron chi connectivity index (χ1n) is 10.2. The van der Waals surface area contributed by atoms with Crippen molar-refractivity contribution in [2.24, 2.45) is 5.92 Å². The fourth-order valence-electron chi connectivity index (χ4n) is 4.06. The summed E-state index contributed by atoms with van der Waals surface area (Å²) in [6.07, 6.45) is 4.05. The van der Waals surface area contributed by atoms with E-state index in [4.69, 9.17) is 0 Å². The second kappa shape index (κ2) is 8.41. The first-order valence-corrected chi connectivity index (χ1v) is 11.1. The summed E-state index contributed by atoms with van der Waals surface area (Å²) in [4.78, 5) is 28.4. The van der Waals surface area contributed by atoms with Crippen molar-refractivity contribution < 1.29 is 9.59 Å². The Kier molecular flexibility index (Phi) is 5.72. The van der Waals surface area contributed by atoms with Crippen molar-refractivity contribution in [3.63, 3.8) is 0 Å². The minimum absolute atomic E-state index is 0.0336. The lowest BCUT2D eigenvalue weighted by Gasteiger charge is -2.24. The van der Waals surface area contributed by atoms with Gasteiger partial charge in [-0.1, -0.05) is 19.9 Å². The average Bonchev–Trinajstić information content (AvgIpc) is 3.42. The number of benzene rings is 1. The number of likely N-dealkylation sites (tertiary alicyclic amines) is 1. The Hall–Kier alpha value is -2.60. The van der Waals surface area contributed by atoms with Gasteiger partial charge in [0.2, 0.25) is 11.8 Å². The van der Waals surface area contributed by atoms with Crippen molar-refractivity contribution in [2.75, 3.05) is 11.9 Å². The lowest BCUT2D eigenvalue weighted by atomic mass is 10.1. The summed E-state index contributed by atoms with van der Waals surface area (Å²) in [6.45, 7) is 6.03. The van der Waals surface area contributed by atoms with Gasteiger partial charge in [0.05, 0.1) is 6.42 Å². The number of anilines is 1. The van der Waals surface area contributed by atoms with Crippen LogP contribution in [0.3, 0.4) is 0 Å². The monoisotopic (exact) mass is 409 g/mol. The number of aromatic nitrogens is 1. The molecule has 29 heavy (non-hydrogen) atoms. The second-order valence-electron chi connectivity index (χ2n) is 8.13. The third-order valence-electron chi connectivity index (χ3n) is 5.38. The Bertz CT molecular complexity index is 1010. The molecule has 6 heteroatoms. The number of hydrogen-bond acceptors (Lipinski definition) is 3. The second-order valence-corrected chi connectivity index (χ2v) is 9.16. The van der Waals surface area contributed by atoms with E-state index < -0.39 is 0 Å². The maximum Gasteiger partial charge on any atom is 0.247 e. The molecule has 1 saturated heterocycles. The van der Waals surface area contributed by atoms with E-state index in [0.29, 0.717) is 18.9 Å². The third-order valence-corrected chi connectivity index (χ3v) is 6.26. The van der Waals surface area contributed by atoms with Crippen LogP contribution in [0.25, 0.3) is 10.9 Å². The Balaban J connectivity index is 1.44. The van der Waals surface area contributed by atoms with Gasteiger partial charge in [-0.15, -0.1) is 11.3 Å². The molecule has 1 atom stereocenters. The maximum atomic E-state index is 12.9. The van der Waals surface area contributed by atoms with Crippen LogP contribution in [0.2, 0.25) is 0 Å². The Labute approximate surface area is 175 Å². The lowest BCUT2D eigenvalue weighted by Crippen LogP contribution is -2.43. The number of thiophene rings is 1. The molecule has 3 heterocycles. The molecule has 0 aliphatic carbocycles. The van der Waals surface area contributed by atoms with Crippen LogP contribution in [0.5, 0.6) is 0 Å². The van der Waals surface area contributed by atoms with Crippen molar-refractivity contribution in [2.45, 2.75) is 45.7 Å². The van der Waals surface area contributed by atoms with Crippen molar-refractivity contribution in [3.8, 4) is 0 Å². The molecule has 0 bridgehead atoms. The highest BCUT2D eigenvalue weighted by Crippen LogP contribution is 2.24. The SMILES string of the molecule is CC(C)Cn1ccc2cc(NC(=O)C3CCCN3C(=O)Cc3cccs3)ccc21. The van der Waals surface area contributed by atoms with Crippen LogP contribution in [0, 0.1) is 5.92 Å². The number of carbonyl (C=O) groups is 2. The average molecular weight is 410 g/mol. The van der Waals surface area contributed by atoms with Gasteiger partial charge in [0.15, 0.2) is 0 Å². The van der Waals surface area contributed by atoms with Crippen LogP contribution in [-0.4, -0.2) is 33.9 Å². The van der Waals surface area contributed by atoms with Crippen molar-refractivity contribution >= 4 is 39.7 Å². The number of nitrogens with one attached hydrogen (secondary N) is 1. The van der Waals surface area contributed by atoms with Gasteiger partial charge in [-0.25, -0.2) is 0 Å². The van der Waals surface area contributed by atoms with Gasteiger partial charge in [-0.2, -0.15) is 0 Å². The van der Waals surface area contributed by atoms with Crippen LogP contribution in [-0.2, 0) is 22.6 Å². The molecule has 1 aliphatic rings. The minimum atomic E-state index is -0.385. The first-order chi connectivity index (χ1) is 14.0. The van der Waals surface area contributed by atoms with Crippen LogP contribution in [0.4, 0.5) is 5.69 Å². The maximum absolute atomic E-state index is 12.9. The van der Waals surface area contributed by atoms with Gasteiger partial charge < -0.3 is 14.8 Å². The van der Waals surface area contributed by atoms with Crippen LogP contribution in [0.15, 0.2) is 48.0 Å². The van der Waals surface area contributed by atoms with E-state index in [9.17, 15) is 9.59 Å². The summed E-state index contributed by atoms with van der Waals surface area (Å²) in [5.74, 6) is 0.513. The van der Waals surface area contributed by atoms with E-state index in [1.54, 1.807) is 16.2 Å². The molecule has 5 nitrogen and oxygen atoms in total. The van der Waals surface area contributed by atoms with E-state index in [1.807, 2.05) is 29.6 Å². The Morgan fingerprint density at radius 1 is 1.24 bits per heavy atom. The van der Waals surface area contributed by atoms with Crippen molar-refractivity contribution in [3.05, 3.63) is 52.9 Å². The predicted molar refractivity (Wildman–Crippen MR) is 118 cm³/mol. The quantitative estimate of drug-likeness (QED) is 0.650. The Morgan fingerprint density at radius 2 is 2.10 bits per heavy atom. The smallest absolute Gasteiger partial charge is 0.247 e. The van der Waals surface area contributed by atoms with E-state index in [1.165, 1.54) is 5.52 Å². The summed E-state index contributed by atoms with van der Waals surface area (Å²) in [5.41, 5.74) is 1.95. The zero-order chi connectivity index (χ0) is 20.4. The Morgan fingerprint density at radius 3 is 2.86 bits per heavy atom. The molecule has 0 spiro atoms. The van der Waals surface area contributed by atoms with Crippen LogP contribution < -0.4 is 5.32 Å². The number of amides is 2. The molecule has 1 fully saturated rings. The topological polar surface area (TPSA) is 54.3 Å². The number of fused-ring (bicyclic) bond motifs is 1. The fourth-order valence-corrected chi connectivity index (χ4v) is 4.75. The first kappa shape index (κ1) is 19.7. The van der Waals surface area contributed by atoms with E-state index in [2.05, 4.69) is 42.1 Å². The van der Waals surface area contributed by atoms with Gasteiger partial charge >= 0.3 is 0 Å². The number of hydrogen-bond donors (Lipinski definition) is 1. The summed E-state index contributed by atoms with van der Waals surface area (Å²) in [5, 5.41) is 6.12. The molecule has 1 aromatic carbocycles. The lowest BCUT2D eigenvalue weighted by molar-refractivity contribution is -0.136. The standard InChI is InChI=1S/C23H27N3O2S/c1-16(2)15-25-11-9-17-13-18(7-8-20(17)25)24-23(28)21-6-3-10-26(21)22(27)14-19-5-4-12-29-19/h4-5,7-9,11-13,16,21H,3,6,10,14-15H2,1-2H3,(H,24,28). The van der Waals surface area contributed by atoms with Gasteiger partial charge in [0, 0.05) is 40.8 Å². The highest BCUT2D eigenvalue weighted by atomic mass is 32.1. The summed E-state index contributed by atoms with van der Waals surface area (Å²) in [7, 11) is 0.